The molecule has 0 aromatic rings. The number of aliphatic hydroxyl groups is 2. The predicted molar refractivity (Wildman–Crippen MR) is 135 cm³/mol. The highest BCUT2D eigenvalue weighted by Crippen LogP contribution is 2.72. The number of aliphatic hydroxyl groups excluding tert-OH is 2. The van der Waals surface area contributed by atoms with Crippen LogP contribution >= 0.6 is 0 Å². The van der Waals surface area contributed by atoms with Gasteiger partial charge >= 0.3 is 0 Å². The fourth-order valence-corrected chi connectivity index (χ4v) is 9.38. The standard InChI is InChI=1S/C30H48O3/c1-18(2)23(31)17-24(32)19(3)20-11-15-30(8)22-9-10-25-27(4,5)26(33)13-14-28(25,6)21(22)12-16-29(20,30)7/h19-20,24-26,32-33H,1,9-17H2,2-8H3/t19-,20+,24?,25-,26-,28+,29+,30-/m0/s1. The average molecular weight is 457 g/mol. The van der Waals surface area contributed by atoms with Crippen LogP contribution in [0.3, 0.4) is 0 Å². The fourth-order valence-electron chi connectivity index (χ4n) is 9.38. The third-order valence-corrected chi connectivity index (χ3v) is 11.9. The first-order chi connectivity index (χ1) is 15.2. The summed E-state index contributed by atoms with van der Waals surface area (Å²) in [4.78, 5) is 12.2. The summed E-state index contributed by atoms with van der Waals surface area (Å²) in [6, 6.07) is 0. The van der Waals surface area contributed by atoms with Crippen molar-refractivity contribution in [1.29, 1.82) is 0 Å². The topological polar surface area (TPSA) is 57.5 Å². The number of fused-ring (bicyclic) bond motifs is 4. The minimum atomic E-state index is -0.595. The molecule has 0 bridgehead atoms. The van der Waals surface area contributed by atoms with E-state index in [4.69, 9.17) is 0 Å². The Morgan fingerprint density at radius 1 is 1.03 bits per heavy atom. The summed E-state index contributed by atoms with van der Waals surface area (Å²) in [5, 5.41) is 21.8. The molecule has 0 aromatic heterocycles. The molecule has 3 heteroatoms. The maximum absolute atomic E-state index is 12.2. The maximum atomic E-state index is 12.2. The first kappa shape index (κ1) is 25.2. The molecular formula is C30H48O3. The van der Waals surface area contributed by atoms with Gasteiger partial charge in [-0.15, -0.1) is 0 Å². The van der Waals surface area contributed by atoms with Crippen LogP contribution in [0, 0.1) is 39.4 Å². The normalized spacial score (nSPS) is 43.8. The second-order valence-electron chi connectivity index (χ2n) is 13.6. The number of rotatable bonds is 5. The molecule has 0 aliphatic heterocycles. The summed E-state index contributed by atoms with van der Waals surface area (Å²) < 4.78 is 0. The van der Waals surface area contributed by atoms with Crippen molar-refractivity contribution in [2.24, 2.45) is 39.4 Å². The molecule has 2 saturated carbocycles. The van der Waals surface area contributed by atoms with Gasteiger partial charge in [0.25, 0.3) is 0 Å². The van der Waals surface area contributed by atoms with E-state index in [1.807, 2.05) is 0 Å². The highest BCUT2D eigenvalue weighted by atomic mass is 16.3. The van der Waals surface area contributed by atoms with Gasteiger partial charge in [0.05, 0.1) is 12.2 Å². The summed E-state index contributed by atoms with van der Waals surface area (Å²) in [6.45, 7) is 19.8. The van der Waals surface area contributed by atoms with Gasteiger partial charge in [0, 0.05) is 6.42 Å². The molecule has 0 radical (unpaired) electrons. The lowest BCUT2D eigenvalue weighted by molar-refractivity contribution is -0.119. The van der Waals surface area contributed by atoms with Crippen LogP contribution in [0.5, 0.6) is 0 Å². The van der Waals surface area contributed by atoms with E-state index >= 15 is 0 Å². The third kappa shape index (κ3) is 3.46. The first-order valence-electron chi connectivity index (χ1n) is 13.5. The molecule has 4 rings (SSSR count). The Morgan fingerprint density at radius 3 is 2.33 bits per heavy atom. The molecule has 3 nitrogen and oxygen atoms in total. The number of carbonyl (C=O) groups is 1. The van der Waals surface area contributed by atoms with Gasteiger partial charge in [-0.3, -0.25) is 4.79 Å². The molecule has 33 heavy (non-hydrogen) atoms. The Balaban J connectivity index is 1.65. The number of ketones is 1. The van der Waals surface area contributed by atoms with E-state index in [2.05, 4.69) is 48.1 Å². The molecule has 1 unspecified atom stereocenters. The average Bonchev–Trinajstić information content (AvgIpc) is 3.02. The van der Waals surface area contributed by atoms with E-state index in [1.54, 1.807) is 18.1 Å². The van der Waals surface area contributed by atoms with Crippen molar-refractivity contribution in [3.63, 3.8) is 0 Å². The summed E-state index contributed by atoms with van der Waals surface area (Å²) in [6.07, 6.45) is 8.42. The van der Waals surface area contributed by atoms with Crippen molar-refractivity contribution in [3.05, 3.63) is 23.3 Å². The Kier molecular flexibility index (Phi) is 6.14. The summed E-state index contributed by atoms with van der Waals surface area (Å²) in [7, 11) is 0. The molecule has 2 fully saturated rings. The van der Waals surface area contributed by atoms with Gasteiger partial charge < -0.3 is 10.2 Å². The predicted octanol–water partition coefficient (Wildman–Crippen LogP) is 6.63. The molecule has 0 spiro atoms. The maximum Gasteiger partial charge on any atom is 0.160 e. The molecule has 0 heterocycles. The second-order valence-corrected chi connectivity index (χ2v) is 13.6. The zero-order valence-electron chi connectivity index (χ0n) is 22.3. The van der Waals surface area contributed by atoms with Gasteiger partial charge in [0.15, 0.2) is 5.78 Å². The Labute approximate surface area is 202 Å². The van der Waals surface area contributed by atoms with Crippen LogP contribution in [0.2, 0.25) is 0 Å². The molecule has 0 saturated heterocycles. The number of allylic oxidation sites excluding steroid dienone is 3. The largest absolute Gasteiger partial charge is 0.393 e. The lowest BCUT2D eigenvalue weighted by atomic mass is 9.43. The smallest absolute Gasteiger partial charge is 0.160 e. The SMILES string of the molecule is C=C(C)C(=O)CC(O)[C@@H](C)[C@H]1CC[C@@]2(C)C3=C(CC[C@]12C)[C@@]1(C)CC[C@H](O)C(C)(C)[C@@H]1CC3. The molecule has 4 aliphatic carbocycles. The molecule has 2 N–H and O–H groups in total. The molecule has 4 aliphatic rings. The van der Waals surface area contributed by atoms with Crippen LogP contribution in [0.15, 0.2) is 23.3 Å². The van der Waals surface area contributed by atoms with E-state index in [9.17, 15) is 15.0 Å². The van der Waals surface area contributed by atoms with E-state index in [-0.39, 0.29) is 45.9 Å². The number of hydrogen-bond acceptors (Lipinski definition) is 3. The molecule has 8 atom stereocenters. The van der Waals surface area contributed by atoms with Gasteiger partial charge in [-0.05, 0) is 103 Å². The van der Waals surface area contributed by atoms with Gasteiger partial charge in [0.1, 0.15) is 0 Å². The van der Waals surface area contributed by atoms with Crippen molar-refractivity contribution < 1.29 is 15.0 Å². The van der Waals surface area contributed by atoms with Crippen LogP contribution in [-0.4, -0.2) is 28.2 Å². The number of carbonyl (C=O) groups excluding carboxylic acids is 1. The quantitative estimate of drug-likeness (QED) is 0.361. The van der Waals surface area contributed by atoms with Crippen molar-refractivity contribution in [2.45, 2.75) is 118 Å². The summed E-state index contributed by atoms with van der Waals surface area (Å²) in [5.74, 6) is 1.08. The Bertz CT molecular complexity index is 868. The van der Waals surface area contributed by atoms with Crippen molar-refractivity contribution >= 4 is 5.78 Å². The minimum absolute atomic E-state index is 0.0118. The van der Waals surface area contributed by atoms with Gasteiger partial charge in [-0.1, -0.05) is 59.3 Å². The monoisotopic (exact) mass is 456 g/mol. The van der Waals surface area contributed by atoms with Crippen molar-refractivity contribution in [2.75, 3.05) is 0 Å². The van der Waals surface area contributed by atoms with Crippen LogP contribution in [0.1, 0.15) is 106 Å². The first-order valence-corrected chi connectivity index (χ1v) is 13.5. The highest BCUT2D eigenvalue weighted by molar-refractivity contribution is 5.94. The molecule has 0 amide bonds. The second kappa shape index (κ2) is 8.05. The summed E-state index contributed by atoms with van der Waals surface area (Å²) >= 11 is 0. The van der Waals surface area contributed by atoms with Gasteiger partial charge in [-0.2, -0.15) is 0 Å². The number of hydrogen-bond donors (Lipinski definition) is 2. The van der Waals surface area contributed by atoms with Crippen molar-refractivity contribution in [3.8, 4) is 0 Å². The number of Topliss-reactive ketones (excluding diaryl/α,β-unsaturated/α-hetero) is 1. The molecular weight excluding hydrogens is 408 g/mol. The minimum Gasteiger partial charge on any atom is -0.393 e. The van der Waals surface area contributed by atoms with Crippen LogP contribution in [-0.2, 0) is 4.79 Å². The lowest BCUT2D eigenvalue weighted by Crippen LogP contribution is -2.55. The molecule has 0 aromatic carbocycles. The zero-order valence-corrected chi connectivity index (χ0v) is 22.3. The molecule has 186 valence electrons. The van der Waals surface area contributed by atoms with E-state index in [0.717, 1.165) is 32.1 Å². The fraction of sp³-hybridized carbons (Fsp3) is 0.833. The third-order valence-electron chi connectivity index (χ3n) is 11.9. The summed E-state index contributed by atoms with van der Waals surface area (Å²) in [5.41, 5.74) is 4.51. The van der Waals surface area contributed by atoms with E-state index < -0.39 is 6.10 Å². The van der Waals surface area contributed by atoms with E-state index in [0.29, 0.717) is 17.4 Å². The Hall–Kier alpha value is -0.930. The Morgan fingerprint density at radius 2 is 1.70 bits per heavy atom. The van der Waals surface area contributed by atoms with Gasteiger partial charge in [-0.25, -0.2) is 0 Å². The van der Waals surface area contributed by atoms with Crippen LogP contribution < -0.4 is 0 Å². The highest BCUT2D eigenvalue weighted by Gasteiger charge is 2.63. The van der Waals surface area contributed by atoms with Crippen molar-refractivity contribution in [1.82, 2.24) is 0 Å². The van der Waals surface area contributed by atoms with Crippen LogP contribution in [0.4, 0.5) is 0 Å². The lowest BCUT2D eigenvalue weighted by Gasteiger charge is -2.62. The zero-order chi connectivity index (χ0) is 24.6. The van der Waals surface area contributed by atoms with Crippen LogP contribution in [0.25, 0.3) is 0 Å². The van der Waals surface area contributed by atoms with Gasteiger partial charge in [0.2, 0.25) is 0 Å². The van der Waals surface area contributed by atoms with E-state index in [1.165, 1.54) is 19.3 Å².